The van der Waals surface area contributed by atoms with E-state index in [1.54, 1.807) is 93.0 Å². The molecule has 2 aromatic carbocycles. The number of Topliss-reactive ketones (excluding diaryl/α,β-unsaturated/α-hetero) is 4. The number of aliphatic carboxylic acids is 2. The number of aromatic nitrogens is 6. The Kier molecular flexibility index (Phi) is 50.3. The first kappa shape index (κ1) is 110. The van der Waals surface area contributed by atoms with Crippen molar-refractivity contribution in [3.63, 3.8) is 0 Å². The number of benzene rings is 2. The topological polar surface area (TPSA) is 646 Å². The summed E-state index contributed by atoms with van der Waals surface area (Å²) in [7, 11) is 0. The van der Waals surface area contributed by atoms with E-state index in [9.17, 15) is 72.5 Å². The Morgan fingerprint density at radius 3 is 1.47 bits per heavy atom. The van der Waals surface area contributed by atoms with Crippen molar-refractivity contribution in [2.24, 2.45) is 75.8 Å². The minimum absolute atomic E-state index is 0.00173. The van der Waals surface area contributed by atoms with Gasteiger partial charge in [0.1, 0.15) is 36.0 Å². The lowest BCUT2D eigenvalue weighted by molar-refractivity contribution is -0.144. The van der Waals surface area contributed by atoms with E-state index in [0.29, 0.717) is 74.1 Å². The van der Waals surface area contributed by atoms with Crippen LogP contribution in [-0.4, -0.2) is 214 Å². The highest BCUT2D eigenvalue weighted by atomic mass is 16.4. The standard InChI is InChI=1S/C90H144N22O17/c1-10-57(9)80(87(124)107-79(56(7)8)86(123)105-70(89(127)128)34-21-24-40-92)108-85(122)69(35-26-41-98-90(97)129)104-84(121)68(33-18-19-36-77(95)96)103-83(120)66(94)51-64-53-100-110-112(64)42-25-22-31-60(88(125)126)47-74(114)67(32-20-23-39-91)102-82(119)62(45-58-27-14-12-15-28-58)49-76(116)72(46-59-29-16-13-17-30-59)106-81(118)61(43-54(3)4)48-75(115)71(44-55(5)6)101-78(117)38-37-73(113)65(93)50-63-52-99-109-111(63)11-2/h12-17,27-30,52-57,60-62,65-72,79-80H,10-11,18-26,31-51,91-94H2,1-9H3,(H3,95,96)(H,101,117)(H,102,119)(H,103,120)(H,104,121)(H,105,123)(H,106,118)(H,107,124)(H,108,122)(H,125,126)(H,127,128)(H3,97,98,129)/t57?,60-,61-,62-,65+,66+,67+,68+,69+,70+,71+,72+,79+,80+/m0/s1. The highest BCUT2D eigenvalue weighted by molar-refractivity contribution is 5.99. The largest absolute Gasteiger partial charge is 0.481 e. The fourth-order valence-electron chi connectivity index (χ4n) is 15.0. The van der Waals surface area contributed by atoms with E-state index in [4.69, 9.17) is 39.8 Å². The number of unbranched alkanes of at least 4 members (excludes halogenated alkanes) is 4. The first-order valence-corrected chi connectivity index (χ1v) is 45.4. The molecule has 4 rings (SSSR count). The lowest BCUT2D eigenvalue weighted by Gasteiger charge is -2.30. The number of nitrogens with zero attached hydrogens (tertiary/aromatic N) is 6. The van der Waals surface area contributed by atoms with Crippen molar-refractivity contribution in [1.82, 2.24) is 77.8 Å². The highest BCUT2D eigenvalue weighted by Crippen LogP contribution is 2.25. The average molecular weight is 1810 g/mol. The zero-order valence-electron chi connectivity index (χ0n) is 76.5. The second-order valence-electron chi connectivity index (χ2n) is 34.8. The number of urea groups is 1. The van der Waals surface area contributed by atoms with Gasteiger partial charge in [-0.15, -0.1) is 10.2 Å². The smallest absolute Gasteiger partial charge is 0.326 e. The fraction of sp³-hybridized carbons (Fsp3) is 0.644. The first-order valence-electron chi connectivity index (χ1n) is 45.4. The van der Waals surface area contributed by atoms with Gasteiger partial charge in [-0.3, -0.25) is 67.7 Å². The first-order chi connectivity index (χ1) is 61.3. The number of amidine groups is 1. The fourth-order valence-corrected chi connectivity index (χ4v) is 15.0. The molecular formula is C90H144N22O17. The summed E-state index contributed by atoms with van der Waals surface area (Å²) in [5.74, 6) is -15.1. The zero-order valence-corrected chi connectivity index (χ0v) is 76.5. The van der Waals surface area contributed by atoms with E-state index < -0.39 is 185 Å². The number of carbonyl (C=O) groups is 15. The number of ketones is 4. The van der Waals surface area contributed by atoms with Crippen LogP contribution in [0.4, 0.5) is 4.79 Å². The SMILES string of the molecule is CCC(C)[C@@H](NC(=O)[C@@H](CCCNC(N)=O)NC(=O)[C@@H](CCCCC(=N)N)NC(=O)[C@H](N)Cc1cnnn1CCCC[C@@H](CC(=O)[C@@H](CCCCN)NC(=O)[C@H](CC(=O)[C@@H](Cc1ccccc1)NC(=O)[C@H](CC(=O)[C@@H](CC(C)C)NC(=O)CCC(=O)[C@H](N)Cc1cnnn1CC)CC(C)C)Cc1ccccc1)C(=O)O)C(=O)N[C@@H](C(=O)N[C@H](CCCCN)C(=O)O)C(C)C. The average Bonchev–Trinajstić information content (AvgIpc) is 1.80. The predicted octanol–water partition coefficient (Wildman–Crippen LogP) is 3.11. The van der Waals surface area contributed by atoms with Crippen LogP contribution in [0.5, 0.6) is 0 Å². The molecule has 716 valence electrons. The van der Waals surface area contributed by atoms with Crippen LogP contribution in [0.2, 0.25) is 0 Å². The summed E-state index contributed by atoms with van der Waals surface area (Å²) in [4.78, 5) is 209. The number of nitrogens with one attached hydrogen (secondary N) is 10. The normalized spacial score (nSPS) is 14.7. The van der Waals surface area contributed by atoms with Gasteiger partial charge in [-0.05, 0) is 158 Å². The van der Waals surface area contributed by atoms with Crippen LogP contribution in [0.15, 0.2) is 73.1 Å². The molecule has 0 aliphatic rings. The molecule has 39 nitrogen and oxygen atoms in total. The molecule has 2 heterocycles. The Bertz CT molecular complexity index is 4240. The van der Waals surface area contributed by atoms with Crippen LogP contribution in [-0.2, 0) is 106 Å². The Balaban J connectivity index is 1.51. The lowest BCUT2D eigenvalue weighted by atomic mass is 9.86. The number of rotatable bonds is 68. The number of aryl methyl sites for hydroxylation is 2. The molecule has 0 bridgehead atoms. The number of hydrogen-bond donors (Lipinski definition) is 18. The van der Waals surface area contributed by atoms with E-state index in [1.807, 2.05) is 34.6 Å². The van der Waals surface area contributed by atoms with Crippen LogP contribution < -0.4 is 82.3 Å². The molecule has 39 heteroatoms. The third-order valence-electron chi connectivity index (χ3n) is 22.7. The van der Waals surface area contributed by atoms with Gasteiger partial charge in [-0.1, -0.05) is 146 Å². The van der Waals surface area contributed by atoms with Gasteiger partial charge in [-0.25, -0.2) is 19.0 Å². The minimum Gasteiger partial charge on any atom is -0.481 e. The molecule has 2 aromatic heterocycles. The number of nitrogens with two attached hydrogens (primary N) is 6. The molecule has 14 atom stereocenters. The van der Waals surface area contributed by atoms with Crippen LogP contribution in [0.3, 0.4) is 0 Å². The van der Waals surface area contributed by atoms with Gasteiger partial charge in [-0.2, -0.15) is 0 Å². The molecule has 0 radical (unpaired) electrons. The van der Waals surface area contributed by atoms with Crippen molar-refractivity contribution >= 4 is 94.2 Å². The van der Waals surface area contributed by atoms with E-state index in [2.05, 4.69) is 68.5 Å². The molecular weight excluding hydrogens is 1660 g/mol. The molecule has 1 unspecified atom stereocenters. The van der Waals surface area contributed by atoms with Crippen molar-refractivity contribution in [2.45, 2.75) is 309 Å². The Morgan fingerprint density at radius 2 is 0.899 bits per heavy atom. The van der Waals surface area contributed by atoms with Crippen molar-refractivity contribution in [2.75, 3.05) is 19.6 Å². The maximum absolute atomic E-state index is 15.1. The zero-order chi connectivity index (χ0) is 95.8. The number of carboxylic acid groups (broad SMARTS) is 2. The van der Waals surface area contributed by atoms with Gasteiger partial charge >= 0.3 is 18.0 Å². The van der Waals surface area contributed by atoms with Crippen LogP contribution in [0.25, 0.3) is 0 Å². The van der Waals surface area contributed by atoms with E-state index in [0.717, 1.165) is 0 Å². The van der Waals surface area contributed by atoms with Gasteiger partial charge < -0.3 is 92.5 Å². The van der Waals surface area contributed by atoms with Crippen LogP contribution >= 0.6 is 0 Å². The Labute approximate surface area is 756 Å². The summed E-state index contributed by atoms with van der Waals surface area (Å²) in [5, 5.41) is 68.8. The molecule has 0 fully saturated rings. The maximum atomic E-state index is 15.1. The number of amides is 10. The van der Waals surface area contributed by atoms with Gasteiger partial charge in [0, 0.05) is 82.8 Å². The second kappa shape index (κ2) is 59.0. The number of carboxylic acids is 2. The van der Waals surface area contributed by atoms with E-state index in [-0.39, 0.29) is 165 Å². The molecule has 0 aliphatic carbocycles. The van der Waals surface area contributed by atoms with Crippen molar-refractivity contribution in [3.8, 4) is 0 Å². The van der Waals surface area contributed by atoms with E-state index >= 15 is 9.59 Å². The molecule has 24 N–H and O–H groups in total. The molecule has 129 heavy (non-hydrogen) atoms. The molecule has 10 amide bonds. The summed E-state index contributed by atoms with van der Waals surface area (Å²) >= 11 is 0. The van der Waals surface area contributed by atoms with Crippen LogP contribution in [0, 0.1) is 46.8 Å². The Morgan fingerprint density at radius 1 is 0.426 bits per heavy atom. The van der Waals surface area contributed by atoms with Crippen molar-refractivity contribution in [3.05, 3.63) is 95.6 Å². The molecule has 0 saturated carbocycles. The summed E-state index contributed by atoms with van der Waals surface area (Å²) in [6.45, 7) is 17.4. The number of hydrogen-bond acceptors (Lipinski definition) is 24. The van der Waals surface area contributed by atoms with E-state index in [1.165, 1.54) is 17.1 Å². The molecule has 0 spiro atoms. The highest BCUT2D eigenvalue weighted by Gasteiger charge is 2.39. The predicted molar refractivity (Wildman–Crippen MR) is 484 cm³/mol. The monoisotopic (exact) mass is 1810 g/mol. The third-order valence-corrected chi connectivity index (χ3v) is 22.7. The van der Waals surface area contributed by atoms with Crippen LogP contribution in [0.1, 0.15) is 233 Å². The summed E-state index contributed by atoms with van der Waals surface area (Å²) in [6, 6.07) is 4.65. The quantitative estimate of drug-likeness (QED) is 0.0171. The van der Waals surface area contributed by atoms with Gasteiger partial charge in [0.25, 0.3) is 0 Å². The molecule has 4 aromatic rings. The van der Waals surface area contributed by atoms with Crippen molar-refractivity contribution < 1.29 is 82.1 Å². The Hall–Kier alpha value is -11.3. The van der Waals surface area contributed by atoms with Gasteiger partial charge in [0.15, 0.2) is 17.3 Å². The summed E-state index contributed by atoms with van der Waals surface area (Å²) in [5.41, 5.74) is 37.7. The summed E-state index contributed by atoms with van der Waals surface area (Å²) in [6.07, 6.45) is 5.14. The number of carbonyl (C=O) groups excluding carboxylic acids is 13. The second-order valence-corrected chi connectivity index (χ2v) is 34.8. The minimum atomic E-state index is -1.42. The lowest BCUT2D eigenvalue weighted by Crippen LogP contribution is -2.61. The third kappa shape index (κ3) is 41.3. The molecule has 0 aliphatic heterocycles. The summed E-state index contributed by atoms with van der Waals surface area (Å²) < 4.78 is 3.09. The van der Waals surface area contributed by atoms with Crippen molar-refractivity contribution in [1.29, 1.82) is 5.41 Å². The number of primary amides is 1. The van der Waals surface area contributed by atoms with Gasteiger partial charge in [0.05, 0.1) is 65.7 Å². The van der Waals surface area contributed by atoms with Gasteiger partial charge in [0.2, 0.25) is 47.3 Å². The molecule has 0 saturated heterocycles. The maximum Gasteiger partial charge on any atom is 0.326 e.